The van der Waals surface area contributed by atoms with E-state index >= 15 is 0 Å². The van der Waals surface area contributed by atoms with Crippen LogP contribution in [0.15, 0.2) is 30.3 Å². The van der Waals surface area contributed by atoms with Crippen LogP contribution in [0.1, 0.15) is 46.6 Å². The summed E-state index contributed by atoms with van der Waals surface area (Å²) in [7, 11) is 0. The summed E-state index contributed by atoms with van der Waals surface area (Å²) in [6, 6.07) is 10.2. The summed E-state index contributed by atoms with van der Waals surface area (Å²) in [6.45, 7) is 11.7. The summed E-state index contributed by atoms with van der Waals surface area (Å²) in [5.74, 6) is 0. The van der Waals surface area contributed by atoms with Crippen molar-refractivity contribution in [2.75, 3.05) is 6.61 Å². The molecule has 15 heavy (non-hydrogen) atoms. The van der Waals surface area contributed by atoms with Crippen molar-refractivity contribution in [1.82, 2.24) is 0 Å². The van der Waals surface area contributed by atoms with E-state index in [4.69, 9.17) is 4.74 Å². The second-order valence-electron chi connectivity index (χ2n) is 2.54. The average molecular weight is 210 g/mol. The molecule has 0 saturated carbocycles. The molecule has 1 aromatic rings. The zero-order chi connectivity index (χ0) is 11.9. The van der Waals surface area contributed by atoms with Gasteiger partial charge in [0.2, 0.25) is 0 Å². The normalized spacial score (nSPS) is 8.07. The molecule has 1 aromatic carbocycles. The van der Waals surface area contributed by atoms with Crippen LogP contribution in [0.25, 0.3) is 0 Å². The third-order valence-corrected chi connectivity index (χ3v) is 1.46. The topological polar surface area (TPSA) is 9.23 Å². The van der Waals surface area contributed by atoms with Crippen LogP contribution in [0.5, 0.6) is 0 Å². The highest BCUT2D eigenvalue weighted by atomic mass is 16.5. The van der Waals surface area contributed by atoms with Crippen molar-refractivity contribution in [1.29, 1.82) is 0 Å². The highest BCUT2D eigenvalue weighted by Gasteiger charge is 1.88. The maximum atomic E-state index is 5.37. The molecule has 0 unspecified atom stereocenters. The van der Waals surface area contributed by atoms with Crippen molar-refractivity contribution >= 4 is 0 Å². The van der Waals surface area contributed by atoms with Gasteiger partial charge in [0.15, 0.2) is 0 Å². The van der Waals surface area contributed by atoms with Crippen LogP contribution in [-0.4, -0.2) is 6.61 Å². The van der Waals surface area contributed by atoms with Gasteiger partial charge < -0.3 is 4.74 Å². The summed E-state index contributed by atoms with van der Waals surface area (Å²) >= 11 is 0. The number of hydrogen-bond acceptors (Lipinski definition) is 1. The smallest absolute Gasteiger partial charge is 0.0716 e. The molecule has 0 N–H and O–H groups in total. The number of benzene rings is 1. The monoisotopic (exact) mass is 210 g/mol. The molecule has 0 radical (unpaired) electrons. The van der Waals surface area contributed by atoms with Crippen molar-refractivity contribution in [2.45, 2.75) is 47.6 Å². The van der Waals surface area contributed by atoms with Gasteiger partial charge in [-0.05, 0) is 12.0 Å². The van der Waals surface area contributed by atoms with E-state index in [9.17, 15) is 0 Å². The largest absolute Gasteiger partial charge is 0.377 e. The lowest BCUT2D eigenvalue weighted by atomic mass is 10.2. The Bertz CT molecular complexity index is 182. The van der Waals surface area contributed by atoms with Crippen LogP contribution in [-0.2, 0) is 11.3 Å². The lowest BCUT2D eigenvalue weighted by molar-refractivity contribution is 0.121. The van der Waals surface area contributed by atoms with Crippen LogP contribution >= 0.6 is 0 Å². The second-order valence-corrected chi connectivity index (χ2v) is 2.54. The lowest BCUT2D eigenvalue weighted by Gasteiger charge is -2.00. The summed E-state index contributed by atoms with van der Waals surface area (Å²) in [5, 5.41) is 0. The Kier molecular flexibility index (Phi) is 17.3. The first-order valence-corrected chi connectivity index (χ1v) is 6.05. The van der Waals surface area contributed by atoms with Crippen molar-refractivity contribution in [2.24, 2.45) is 0 Å². The minimum atomic E-state index is 0.745. The van der Waals surface area contributed by atoms with Gasteiger partial charge in [0.05, 0.1) is 6.61 Å². The average Bonchev–Trinajstić information content (AvgIpc) is 2.36. The highest BCUT2D eigenvalue weighted by Crippen LogP contribution is 2.00. The lowest BCUT2D eigenvalue weighted by Crippen LogP contribution is -1.92. The zero-order valence-electron chi connectivity index (χ0n) is 10.9. The van der Waals surface area contributed by atoms with Crippen LogP contribution < -0.4 is 0 Å². The van der Waals surface area contributed by atoms with Crippen molar-refractivity contribution in [3.05, 3.63) is 35.9 Å². The Morgan fingerprint density at radius 3 is 1.93 bits per heavy atom. The Morgan fingerprint density at radius 2 is 1.47 bits per heavy atom. The molecule has 88 valence electrons. The first kappa shape index (κ1) is 16.6. The van der Waals surface area contributed by atoms with E-state index in [0.717, 1.165) is 19.6 Å². The minimum absolute atomic E-state index is 0.745. The zero-order valence-corrected chi connectivity index (χ0v) is 10.9. The van der Waals surface area contributed by atoms with Crippen molar-refractivity contribution in [3.8, 4) is 0 Å². The van der Waals surface area contributed by atoms with Gasteiger partial charge in [0.25, 0.3) is 0 Å². The molecule has 1 heteroatoms. The summed E-state index contributed by atoms with van der Waals surface area (Å²) in [4.78, 5) is 0. The number of hydrogen-bond donors (Lipinski definition) is 0. The third-order valence-electron chi connectivity index (χ3n) is 1.46. The minimum Gasteiger partial charge on any atom is -0.377 e. The fraction of sp³-hybridized carbons (Fsp3) is 0.571. The first-order valence-electron chi connectivity index (χ1n) is 6.05. The number of rotatable bonds is 4. The molecule has 0 aliphatic heterocycles. The maximum Gasteiger partial charge on any atom is 0.0716 e. The third kappa shape index (κ3) is 11.1. The summed E-state index contributed by atoms with van der Waals surface area (Å²) in [6.07, 6.45) is 1.09. The molecule has 0 aliphatic carbocycles. The van der Waals surface area contributed by atoms with E-state index in [-0.39, 0.29) is 0 Å². The molecule has 0 aromatic heterocycles. The van der Waals surface area contributed by atoms with Crippen molar-refractivity contribution in [3.63, 3.8) is 0 Å². The molecule has 0 bridgehead atoms. The Morgan fingerprint density at radius 1 is 0.933 bits per heavy atom. The van der Waals surface area contributed by atoms with E-state index in [1.165, 1.54) is 5.56 Å². The van der Waals surface area contributed by atoms with Gasteiger partial charge in [0, 0.05) is 6.61 Å². The molecule has 1 rings (SSSR count). The van der Waals surface area contributed by atoms with Gasteiger partial charge in [-0.1, -0.05) is 65.0 Å². The molecule has 0 amide bonds. The molecule has 0 fully saturated rings. The van der Waals surface area contributed by atoms with Gasteiger partial charge in [0.1, 0.15) is 0 Å². The highest BCUT2D eigenvalue weighted by molar-refractivity contribution is 5.13. The maximum absolute atomic E-state index is 5.37. The molecule has 0 heterocycles. The van der Waals surface area contributed by atoms with Crippen LogP contribution in [0.3, 0.4) is 0 Å². The summed E-state index contributed by atoms with van der Waals surface area (Å²) in [5.41, 5.74) is 1.25. The predicted molar refractivity (Wildman–Crippen MR) is 69.1 cm³/mol. The Balaban J connectivity index is 0. The first-order chi connectivity index (χ1) is 7.43. The van der Waals surface area contributed by atoms with E-state index in [1.54, 1.807) is 0 Å². The molecule has 0 spiro atoms. The summed E-state index contributed by atoms with van der Waals surface area (Å²) < 4.78 is 5.37. The fourth-order valence-electron chi connectivity index (χ4n) is 0.909. The van der Waals surface area contributed by atoms with Crippen molar-refractivity contribution < 1.29 is 4.74 Å². The quantitative estimate of drug-likeness (QED) is 0.656. The molecular formula is C14H26O. The van der Waals surface area contributed by atoms with E-state index in [1.807, 2.05) is 45.9 Å². The standard InChI is InChI=1S/C10H14O.2C2H6/c1-2-8-11-9-10-6-4-3-5-7-10;2*1-2/h3-7H,2,8-9H2,1H3;2*1-2H3. The van der Waals surface area contributed by atoms with Gasteiger partial charge in [-0.25, -0.2) is 0 Å². The molecular weight excluding hydrogens is 184 g/mol. The number of ether oxygens (including phenoxy) is 1. The van der Waals surface area contributed by atoms with E-state index < -0.39 is 0 Å². The fourth-order valence-corrected chi connectivity index (χ4v) is 0.909. The van der Waals surface area contributed by atoms with Gasteiger partial charge in [-0.15, -0.1) is 0 Å². The molecule has 0 aliphatic rings. The van der Waals surface area contributed by atoms with Gasteiger partial charge >= 0.3 is 0 Å². The van der Waals surface area contributed by atoms with E-state index in [2.05, 4.69) is 19.1 Å². The van der Waals surface area contributed by atoms with Crippen LogP contribution in [0.4, 0.5) is 0 Å². The molecule has 0 atom stereocenters. The van der Waals surface area contributed by atoms with Gasteiger partial charge in [-0.3, -0.25) is 0 Å². The second kappa shape index (κ2) is 15.6. The SMILES string of the molecule is CC.CC.CCCOCc1ccccc1. The predicted octanol–water partition coefficient (Wildman–Crippen LogP) is 4.67. The van der Waals surface area contributed by atoms with E-state index in [0.29, 0.717) is 0 Å². The Hall–Kier alpha value is -0.820. The van der Waals surface area contributed by atoms with Gasteiger partial charge in [-0.2, -0.15) is 0 Å². The van der Waals surface area contributed by atoms with Crippen LogP contribution in [0, 0.1) is 0 Å². The Labute approximate surface area is 95.5 Å². The molecule has 0 saturated heterocycles. The molecule has 1 nitrogen and oxygen atoms in total. The van der Waals surface area contributed by atoms with Crippen LogP contribution in [0.2, 0.25) is 0 Å².